The summed E-state index contributed by atoms with van der Waals surface area (Å²) in [6.07, 6.45) is 4.02. The Balaban J connectivity index is 1.82. The number of benzene rings is 1. The van der Waals surface area contributed by atoms with E-state index in [-0.39, 0.29) is 37.6 Å². The summed E-state index contributed by atoms with van der Waals surface area (Å²) in [5.74, 6) is -2.57. The molecule has 0 radical (unpaired) electrons. The molecule has 1 aromatic carbocycles. The second-order valence-corrected chi connectivity index (χ2v) is 7.78. The van der Waals surface area contributed by atoms with Crippen molar-refractivity contribution in [2.75, 3.05) is 5.32 Å². The fraction of sp³-hybridized carbons (Fsp3) is 0.0455. The van der Waals surface area contributed by atoms with E-state index < -0.39 is 17.8 Å². The van der Waals surface area contributed by atoms with Crippen LogP contribution in [-0.4, -0.2) is 32.9 Å². The van der Waals surface area contributed by atoms with Gasteiger partial charge >= 0.3 is 5.97 Å². The zero-order valence-corrected chi connectivity index (χ0v) is 19.2. The van der Waals surface area contributed by atoms with E-state index in [2.05, 4.69) is 20.6 Å². The van der Waals surface area contributed by atoms with Gasteiger partial charge in [0.2, 0.25) is 0 Å². The predicted molar refractivity (Wildman–Crippen MR) is 126 cm³/mol. The molecule has 8 nitrogen and oxygen atoms in total. The number of halogens is 3. The number of hydrogen-bond acceptors (Lipinski definition) is 5. The predicted octanol–water partition coefficient (Wildman–Crippen LogP) is 4.93. The number of aromatic nitrogens is 2. The van der Waals surface area contributed by atoms with E-state index in [9.17, 15) is 19.5 Å². The first-order chi connectivity index (χ1) is 15.7. The molecule has 0 aliphatic carbocycles. The lowest BCUT2D eigenvalue weighted by Crippen LogP contribution is -2.28. The van der Waals surface area contributed by atoms with Gasteiger partial charge in [-0.15, -0.1) is 0 Å². The van der Waals surface area contributed by atoms with Gasteiger partial charge in [-0.1, -0.05) is 46.9 Å². The lowest BCUT2D eigenvalue weighted by Gasteiger charge is -2.12. The lowest BCUT2D eigenvalue weighted by molar-refractivity contribution is -0.132. The van der Waals surface area contributed by atoms with Crippen LogP contribution in [0.1, 0.15) is 33.2 Å². The number of carbonyl (C=O) groups is 3. The maximum absolute atomic E-state index is 12.5. The molecule has 0 saturated carbocycles. The molecular weight excluding hydrogens is 491 g/mol. The van der Waals surface area contributed by atoms with Crippen LogP contribution in [0.25, 0.3) is 5.57 Å². The SMILES string of the molecule is C/C(=C(/NC(=O)c1cccnc1Cl)C(=O)O)c1ccc(NC(=O)c2c(Cl)cncc2Cl)cc1. The molecule has 0 aliphatic heterocycles. The number of allylic oxidation sites excluding steroid dienone is 1. The zero-order chi connectivity index (χ0) is 24.1. The molecule has 0 aliphatic rings. The molecule has 33 heavy (non-hydrogen) atoms. The molecule has 2 heterocycles. The van der Waals surface area contributed by atoms with Crippen molar-refractivity contribution in [1.82, 2.24) is 15.3 Å². The van der Waals surface area contributed by atoms with Crippen molar-refractivity contribution in [2.45, 2.75) is 6.92 Å². The molecule has 0 bridgehead atoms. The summed E-state index contributed by atoms with van der Waals surface area (Å²) in [6.45, 7) is 1.54. The number of rotatable bonds is 6. The fourth-order valence-corrected chi connectivity index (χ4v) is 3.56. The minimum atomic E-state index is -1.33. The van der Waals surface area contributed by atoms with Crippen LogP contribution >= 0.6 is 34.8 Å². The number of amides is 2. The van der Waals surface area contributed by atoms with Crippen molar-refractivity contribution in [3.63, 3.8) is 0 Å². The average Bonchev–Trinajstić information content (AvgIpc) is 2.77. The number of hydrogen-bond donors (Lipinski definition) is 3. The summed E-state index contributed by atoms with van der Waals surface area (Å²) in [5, 5.41) is 14.8. The van der Waals surface area contributed by atoms with Gasteiger partial charge in [-0.3, -0.25) is 14.6 Å². The van der Waals surface area contributed by atoms with Gasteiger partial charge in [-0.05, 0) is 42.3 Å². The van der Waals surface area contributed by atoms with Gasteiger partial charge in [-0.25, -0.2) is 9.78 Å². The third-order valence-electron chi connectivity index (χ3n) is 4.49. The first-order valence-electron chi connectivity index (χ1n) is 9.26. The van der Waals surface area contributed by atoms with Gasteiger partial charge in [-0.2, -0.15) is 0 Å². The van der Waals surface area contributed by atoms with Crippen LogP contribution in [0, 0.1) is 0 Å². The number of carboxylic acids is 1. The molecule has 2 aromatic heterocycles. The molecule has 3 rings (SSSR count). The van der Waals surface area contributed by atoms with Crippen LogP contribution < -0.4 is 10.6 Å². The summed E-state index contributed by atoms with van der Waals surface area (Å²) < 4.78 is 0. The van der Waals surface area contributed by atoms with Gasteiger partial charge < -0.3 is 15.7 Å². The second-order valence-electron chi connectivity index (χ2n) is 6.61. The van der Waals surface area contributed by atoms with E-state index in [4.69, 9.17) is 34.8 Å². The number of aliphatic carboxylic acids is 1. The van der Waals surface area contributed by atoms with Crippen molar-refractivity contribution in [3.8, 4) is 0 Å². The molecule has 0 unspecified atom stereocenters. The van der Waals surface area contributed by atoms with Crippen LogP contribution in [-0.2, 0) is 4.79 Å². The van der Waals surface area contributed by atoms with Crippen LogP contribution in [0.2, 0.25) is 15.2 Å². The minimum Gasteiger partial charge on any atom is -0.477 e. The summed E-state index contributed by atoms with van der Waals surface area (Å²) in [5.41, 5.74) is 1.00. The average molecular weight is 506 g/mol. The molecule has 0 saturated heterocycles. The Morgan fingerprint density at radius 1 is 0.939 bits per heavy atom. The molecule has 11 heteroatoms. The third kappa shape index (κ3) is 5.67. The van der Waals surface area contributed by atoms with E-state index in [0.29, 0.717) is 11.3 Å². The lowest BCUT2D eigenvalue weighted by atomic mass is 10.0. The summed E-state index contributed by atoms with van der Waals surface area (Å²) >= 11 is 17.9. The number of carboxylic acid groups (broad SMARTS) is 1. The summed E-state index contributed by atoms with van der Waals surface area (Å²) in [6, 6.07) is 9.26. The Hall–Kier alpha value is -3.46. The van der Waals surface area contributed by atoms with Gasteiger partial charge in [0.25, 0.3) is 11.8 Å². The number of carbonyl (C=O) groups excluding carboxylic acids is 2. The third-order valence-corrected chi connectivity index (χ3v) is 5.36. The quantitative estimate of drug-likeness (QED) is 0.322. The fourth-order valence-electron chi connectivity index (χ4n) is 2.81. The monoisotopic (exact) mass is 504 g/mol. The number of anilines is 1. The Kier molecular flexibility index (Phi) is 7.65. The van der Waals surface area contributed by atoms with Gasteiger partial charge in [0.05, 0.1) is 21.2 Å². The summed E-state index contributed by atoms with van der Waals surface area (Å²) in [4.78, 5) is 44.4. The molecule has 0 atom stereocenters. The topological polar surface area (TPSA) is 121 Å². The van der Waals surface area contributed by atoms with E-state index in [1.807, 2.05) is 0 Å². The largest absolute Gasteiger partial charge is 0.477 e. The van der Waals surface area contributed by atoms with E-state index in [0.717, 1.165) is 0 Å². The van der Waals surface area contributed by atoms with Crippen LogP contribution in [0.15, 0.2) is 60.7 Å². The van der Waals surface area contributed by atoms with Crippen molar-refractivity contribution in [1.29, 1.82) is 0 Å². The normalized spacial score (nSPS) is 11.4. The molecule has 3 N–H and O–H groups in total. The molecule has 3 aromatic rings. The first-order valence-corrected chi connectivity index (χ1v) is 10.4. The van der Waals surface area contributed by atoms with Crippen LogP contribution in [0.4, 0.5) is 5.69 Å². The molecule has 0 fully saturated rings. The Bertz CT molecular complexity index is 1260. The van der Waals surface area contributed by atoms with E-state index in [1.54, 1.807) is 31.2 Å². The highest BCUT2D eigenvalue weighted by molar-refractivity contribution is 6.40. The Labute approximate surface area is 203 Å². The highest BCUT2D eigenvalue weighted by atomic mass is 35.5. The Morgan fingerprint density at radius 2 is 1.58 bits per heavy atom. The van der Waals surface area contributed by atoms with Crippen LogP contribution in [0.5, 0.6) is 0 Å². The van der Waals surface area contributed by atoms with Crippen molar-refractivity contribution >= 4 is 63.8 Å². The van der Waals surface area contributed by atoms with Crippen molar-refractivity contribution < 1.29 is 19.5 Å². The molecular formula is C22H15Cl3N4O4. The van der Waals surface area contributed by atoms with Crippen molar-refractivity contribution in [2.24, 2.45) is 0 Å². The zero-order valence-electron chi connectivity index (χ0n) is 16.9. The van der Waals surface area contributed by atoms with Gasteiger partial charge in [0, 0.05) is 24.3 Å². The van der Waals surface area contributed by atoms with E-state index >= 15 is 0 Å². The maximum Gasteiger partial charge on any atom is 0.352 e. The summed E-state index contributed by atoms with van der Waals surface area (Å²) in [7, 11) is 0. The number of pyridine rings is 2. The standard InChI is InChI=1S/C22H15Cl3N4O4/c1-11(18(22(32)33)29-20(30)14-3-2-8-27-19(14)25)12-4-6-13(7-5-12)28-21(31)17-15(23)9-26-10-16(17)24/h2-10H,1H3,(H,28,31)(H,29,30)(H,32,33)/b18-11-. The molecule has 168 valence electrons. The number of nitrogens with one attached hydrogen (secondary N) is 2. The van der Waals surface area contributed by atoms with Gasteiger partial charge in [0.15, 0.2) is 0 Å². The first kappa shape index (κ1) is 24.2. The molecule has 2 amide bonds. The molecule has 0 spiro atoms. The highest BCUT2D eigenvalue weighted by Crippen LogP contribution is 2.25. The van der Waals surface area contributed by atoms with Gasteiger partial charge in [0.1, 0.15) is 10.9 Å². The van der Waals surface area contributed by atoms with Crippen molar-refractivity contribution in [3.05, 3.63) is 92.6 Å². The minimum absolute atomic E-state index is 0.0391. The smallest absolute Gasteiger partial charge is 0.352 e. The maximum atomic E-state index is 12.5. The van der Waals surface area contributed by atoms with E-state index in [1.165, 1.54) is 30.7 Å². The highest BCUT2D eigenvalue weighted by Gasteiger charge is 2.20. The Morgan fingerprint density at radius 3 is 2.15 bits per heavy atom. The van der Waals surface area contributed by atoms with Crippen LogP contribution in [0.3, 0.4) is 0 Å². The number of nitrogens with zero attached hydrogens (tertiary/aromatic N) is 2. The second kappa shape index (κ2) is 10.4.